The van der Waals surface area contributed by atoms with Crippen molar-refractivity contribution < 1.29 is 0 Å². The van der Waals surface area contributed by atoms with E-state index in [1.807, 2.05) is 0 Å². The van der Waals surface area contributed by atoms with Gasteiger partial charge in [-0.05, 0) is 176 Å². The lowest BCUT2D eigenvalue weighted by molar-refractivity contribution is 0.568. The Morgan fingerprint density at radius 1 is 0.223 bits per heavy atom. The summed E-state index contributed by atoms with van der Waals surface area (Å²) in [5.41, 5.74) is 19.6. The first kappa shape index (κ1) is 76.7. The molecule has 514 valence electrons. The van der Waals surface area contributed by atoms with E-state index in [-0.39, 0.29) is 32.5 Å². The monoisotopic (exact) mass is 1320 g/mol. The molecule has 0 N–H and O–H groups in total. The van der Waals surface area contributed by atoms with Crippen LogP contribution in [0.2, 0.25) is 49.9 Å². The molecule has 0 saturated carbocycles. The number of benzene rings is 7. The van der Waals surface area contributed by atoms with Gasteiger partial charge >= 0.3 is 0 Å². The van der Waals surface area contributed by atoms with Crippen LogP contribution in [-0.2, 0) is 32.5 Å². The zero-order chi connectivity index (χ0) is 71.3. The van der Waals surface area contributed by atoms with E-state index in [0.29, 0.717) is 49.9 Å². The maximum atomic E-state index is 2.87. The highest BCUT2D eigenvalue weighted by molar-refractivity contribution is 6.98. The van der Waals surface area contributed by atoms with E-state index in [1.165, 1.54) is 89.0 Å². The first-order valence-corrected chi connectivity index (χ1v) is 43.8. The molecule has 0 spiro atoms. The number of fused-ring (bicyclic) bond motifs is 2. The van der Waals surface area contributed by atoms with Crippen molar-refractivity contribution in [1.29, 1.82) is 0 Å². The maximum Gasteiger partial charge on any atom is 0.0943 e. The van der Waals surface area contributed by atoms with E-state index in [4.69, 9.17) is 0 Å². The number of hydrogen-bond donors (Lipinski definition) is 0. The summed E-state index contributed by atoms with van der Waals surface area (Å²) in [4.78, 5) is 5.64. The number of hydrogen-bond acceptors (Lipinski definition) is 2. The summed E-state index contributed by atoms with van der Waals surface area (Å²) in [5.74, 6) is 0. The van der Waals surface area contributed by atoms with Gasteiger partial charge in [-0.3, -0.25) is 0 Å². The second-order valence-corrected chi connectivity index (χ2v) is 56.2. The molecule has 7 aromatic rings. The molecule has 0 aliphatic heterocycles. The van der Waals surface area contributed by atoms with Gasteiger partial charge in [0.1, 0.15) is 0 Å². The first-order valence-electron chi connectivity index (χ1n) is 37.1. The summed E-state index contributed by atoms with van der Waals surface area (Å²) in [7, 11) is -6.84. The fraction of sp³-hybridized carbons (Fsp3) is 0.573. The minimum absolute atomic E-state index is 0.114. The van der Waals surface area contributed by atoms with Gasteiger partial charge in [-0.15, -0.1) is 0 Å². The van der Waals surface area contributed by atoms with Crippen LogP contribution in [0.5, 0.6) is 0 Å². The molecular formula is C89H136N2Si3. The number of anilines is 6. The van der Waals surface area contributed by atoms with Crippen LogP contribution in [0.1, 0.15) is 283 Å². The Morgan fingerprint density at radius 3 is 0.734 bits per heavy atom. The minimum atomic E-state index is -2.33. The van der Waals surface area contributed by atoms with Gasteiger partial charge < -0.3 is 9.80 Å². The first-order chi connectivity index (χ1) is 42.8. The fourth-order valence-corrected chi connectivity index (χ4v) is 39.3. The average molecular weight is 1320 g/mol. The molecule has 0 aromatic heterocycles. The molecule has 0 unspecified atom stereocenters. The maximum absolute atomic E-state index is 2.87. The van der Waals surface area contributed by atoms with E-state index in [9.17, 15) is 0 Å². The highest BCUT2D eigenvalue weighted by Crippen LogP contribution is 2.56. The molecule has 0 radical (unpaired) electrons. The van der Waals surface area contributed by atoms with Crippen molar-refractivity contribution in [2.45, 2.75) is 332 Å². The second kappa shape index (κ2) is 26.9. The minimum Gasteiger partial charge on any atom is -0.309 e. The van der Waals surface area contributed by atoms with E-state index in [2.05, 4.69) is 374 Å². The molecular weight excluding hydrogens is 1180 g/mol. The van der Waals surface area contributed by atoms with Crippen molar-refractivity contribution in [2.24, 2.45) is 0 Å². The average Bonchev–Trinajstić information content (AvgIpc) is 0.711. The molecule has 0 fully saturated rings. The van der Waals surface area contributed by atoms with E-state index < -0.39 is 24.2 Å². The highest BCUT2D eigenvalue weighted by atomic mass is 28.3. The van der Waals surface area contributed by atoms with Crippen molar-refractivity contribution >= 4 is 95.5 Å². The highest BCUT2D eigenvalue weighted by Gasteiger charge is 2.50. The zero-order valence-corrected chi connectivity index (χ0v) is 70.1. The van der Waals surface area contributed by atoms with Gasteiger partial charge in [0.05, 0.1) is 35.6 Å². The second-order valence-electron chi connectivity index (χ2n) is 38.4. The van der Waals surface area contributed by atoms with Crippen LogP contribution in [0.3, 0.4) is 0 Å². The molecule has 7 aromatic carbocycles. The summed E-state index contributed by atoms with van der Waals surface area (Å²) in [6.07, 6.45) is 0. The third-order valence-electron chi connectivity index (χ3n) is 23.4. The van der Waals surface area contributed by atoms with Crippen LogP contribution in [-0.4, -0.2) is 24.2 Å². The Labute approximate surface area is 581 Å². The smallest absolute Gasteiger partial charge is 0.0943 e. The molecule has 0 amide bonds. The summed E-state index contributed by atoms with van der Waals surface area (Å²) >= 11 is 0. The molecule has 7 rings (SSSR count). The Balaban J connectivity index is 1.96. The lowest BCUT2D eigenvalue weighted by Crippen LogP contribution is -2.60. The molecule has 0 atom stereocenters. The standard InChI is InChI=1S/C89H136N2Si3/c1-56(2)92(57(3)4,58(5)6)75-39-37-38-71(52-75)90(72-46-67(86(25,26)27)44-68(47-72)87(28,29)30)82-78-42-40-66(85(22,23)24)51-81(78)83(79-43-41-65(50-80(79)82)84(19,20)21)91(73-48-69(88(31,32)33)45-70(49-73)89(34,35)36)74-53-76(93(59(7)8,60(9)10)61(11)12)55-77(54-74)94(62(13)14,63(15)16)64(17)18/h37-64H,1-36H3. The van der Waals surface area contributed by atoms with Crippen molar-refractivity contribution in [1.82, 2.24) is 0 Å². The van der Waals surface area contributed by atoms with E-state index in [1.54, 1.807) is 15.6 Å². The lowest BCUT2D eigenvalue weighted by atomic mass is 9.79. The third kappa shape index (κ3) is 14.0. The SMILES string of the molecule is CC(C)[Si](c1cccc(N(c2cc(C(C)(C)C)cc(C(C)(C)C)c2)c2c3ccc(C(C)(C)C)cc3c(N(c3cc(C(C)(C)C)cc(C(C)(C)C)c3)c3cc([Si](C(C)C)(C(C)C)C(C)C)cc([Si](C(C)C)(C(C)C)C(C)C)c3)c3ccc(C(C)(C)C)cc23)c1)(C(C)C)C(C)C. The molecule has 0 aliphatic rings. The van der Waals surface area contributed by atoms with Gasteiger partial charge in [0.25, 0.3) is 0 Å². The fourth-order valence-electron chi connectivity index (χ4n) is 18.8. The van der Waals surface area contributed by atoms with E-state index >= 15 is 0 Å². The summed E-state index contributed by atoms with van der Waals surface area (Å²) in [5, 5.41) is 9.90. The predicted octanol–water partition coefficient (Wildman–Crippen LogP) is 27.4. The van der Waals surface area contributed by atoms with E-state index in [0.717, 1.165) is 0 Å². The number of rotatable bonds is 18. The van der Waals surface area contributed by atoms with Crippen molar-refractivity contribution in [3.05, 3.63) is 149 Å². The Hall–Kier alpha value is -4.69. The summed E-state index contributed by atoms with van der Waals surface area (Å²) in [6, 6.07) is 49.4. The van der Waals surface area contributed by atoms with Crippen LogP contribution in [0.4, 0.5) is 34.1 Å². The largest absolute Gasteiger partial charge is 0.309 e. The van der Waals surface area contributed by atoms with Gasteiger partial charge in [0.15, 0.2) is 0 Å². The van der Waals surface area contributed by atoms with Gasteiger partial charge in [-0.2, -0.15) is 0 Å². The Bertz CT molecular complexity index is 3640. The van der Waals surface area contributed by atoms with Crippen LogP contribution >= 0.6 is 0 Å². The molecule has 0 saturated heterocycles. The molecule has 0 bridgehead atoms. The zero-order valence-electron chi connectivity index (χ0n) is 67.1. The Kier molecular flexibility index (Phi) is 21.9. The Morgan fingerprint density at radius 2 is 0.468 bits per heavy atom. The molecule has 5 heteroatoms. The van der Waals surface area contributed by atoms with Gasteiger partial charge in [0, 0.05) is 44.3 Å². The normalized spacial score (nSPS) is 14.0. The summed E-state index contributed by atoms with van der Waals surface area (Å²) in [6.45, 7) is 89.6. The topological polar surface area (TPSA) is 6.48 Å². The van der Waals surface area contributed by atoms with Crippen LogP contribution in [0.25, 0.3) is 21.5 Å². The molecule has 0 heterocycles. The lowest BCUT2D eigenvalue weighted by Gasteiger charge is -2.47. The van der Waals surface area contributed by atoms with Crippen molar-refractivity contribution in [3.63, 3.8) is 0 Å². The van der Waals surface area contributed by atoms with Gasteiger partial charge in [-0.1, -0.05) is 319 Å². The molecule has 94 heavy (non-hydrogen) atoms. The quantitative estimate of drug-likeness (QED) is 0.0480. The van der Waals surface area contributed by atoms with Crippen LogP contribution in [0.15, 0.2) is 115 Å². The predicted molar refractivity (Wildman–Crippen MR) is 435 cm³/mol. The summed E-state index contributed by atoms with van der Waals surface area (Å²) < 4.78 is 0. The van der Waals surface area contributed by atoms with Gasteiger partial charge in [0.2, 0.25) is 0 Å². The van der Waals surface area contributed by atoms with Crippen molar-refractivity contribution in [3.8, 4) is 0 Å². The van der Waals surface area contributed by atoms with Crippen molar-refractivity contribution in [2.75, 3.05) is 9.80 Å². The molecule has 0 aliphatic carbocycles. The number of nitrogens with zero attached hydrogens (tertiary/aromatic N) is 2. The van der Waals surface area contributed by atoms with Crippen LogP contribution < -0.4 is 25.4 Å². The van der Waals surface area contributed by atoms with Crippen LogP contribution in [0, 0.1) is 0 Å². The third-order valence-corrected chi connectivity index (χ3v) is 44.5. The molecule has 2 nitrogen and oxygen atoms in total. The van der Waals surface area contributed by atoms with Gasteiger partial charge in [-0.25, -0.2) is 0 Å².